The van der Waals surface area contributed by atoms with Crippen LogP contribution in [0, 0.1) is 0 Å². The molecule has 1 aromatic carbocycles. The number of benzene rings is 1. The second-order valence-electron chi connectivity index (χ2n) is 10.2. The Bertz CT molecular complexity index is 1120. The number of hydrogen-bond acceptors (Lipinski definition) is 9. The molecule has 0 saturated carbocycles. The molecule has 0 radical (unpaired) electrons. The number of rotatable bonds is 21. The third-order valence-electron chi connectivity index (χ3n) is 6.45. The van der Waals surface area contributed by atoms with E-state index in [2.05, 4.69) is 25.9 Å². The van der Waals surface area contributed by atoms with Gasteiger partial charge in [0, 0.05) is 19.5 Å². The molecule has 0 aliphatic rings. The fourth-order valence-corrected chi connectivity index (χ4v) is 4.07. The first-order valence-electron chi connectivity index (χ1n) is 14.3. The zero-order valence-corrected chi connectivity index (χ0v) is 24.8. The summed E-state index contributed by atoms with van der Waals surface area (Å²) in [6, 6.07) is 1.53. The molecule has 4 atom stereocenters. The molecule has 0 fully saturated rings. The Labute approximate surface area is 256 Å². The van der Waals surface area contributed by atoms with Gasteiger partial charge in [-0.2, -0.15) is 0 Å². The topological polar surface area (TPSA) is 326 Å². The molecule has 3 amide bonds. The second kappa shape index (κ2) is 20.3. The van der Waals surface area contributed by atoms with Crippen molar-refractivity contribution in [3.63, 3.8) is 0 Å². The Morgan fingerprint density at radius 3 is 1.75 bits per heavy atom. The van der Waals surface area contributed by atoms with Crippen molar-refractivity contribution in [1.29, 1.82) is 0 Å². The van der Waals surface area contributed by atoms with Crippen LogP contribution in [0.4, 0.5) is 0 Å². The molecule has 44 heavy (non-hydrogen) atoms. The maximum atomic E-state index is 13.5. The van der Waals surface area contributed by atoms with Crippen molar-refractivity contribution in [2.45, 2.75) is 75.5 Å². The Morgan fingerprint density at radius 1 is 0.705 bits per heavy atom. The van der Waals surface area contributed by atoms with E-state index < -0.39 is 47.9 Å². The van der Waals surface area contributed by atoms with Gasteiger partial charge in [0.05, 0.1) is 6.04 Å². The first kappa shape index (κ1) is 37.4. The normalized spacial score (nSPS) is 13.4. The van der Waals surface area contributed by atoms with E-state index in [9.17, 15) is 29.4 Å². The number of aromatic hydroxyl groups is 1. The number of nitrogens with one attached hydrogen (secondary N) is 3. The van der Waals surface area contributed by atoms with Crippen LogP contribution in [0.1, 0.15) is 50.5 Å². The van der Waals surface area contributed by atoms with E-state index in [1.54, 1.807) is 12.1 Å². The predicted molar refractivity (Wildman–Crippen MR) is 166 cm³/mol. The van der Waals surface area contributed by atoms with E-state index in [-0.39, 0.29) is 62.9 Å². The standard InChI is InChI=1S/C27H47N11O6/c28-12-2-1-6-19(23(41)37-20(25(43)44)7-4-14-35-27(32)33)36-24(42)21(15-16-8-10-17(39)11-9-16)38-22(40)18(29)5-3-13-34-26(30)31/h8-11,18-21,39H,1-7,12-15,28-29H2,(H,36,42)(H,37,41)(H,38,40)(H,43,44)(H4,30,31,34)(H4,32,33,35). The molecular weight excluding hydrogens is 574 g/mol. The number of carboxylic acid groups (broad SMARTS) is 1. The largest absolute Gasteiger partial charge is 0.508 e. The Balaban J connectivity index is 3.09. The van der Waals surface area contributed by atoms with Crippen LogP contribution in [0.5, 0.6) is 5.75 Å². The first-order chi connectivity index (χ1) is 20.8. The highest BCUT2D eigenvalue weighted by Gasteiger charge is 2.30. The van der Waals surface area contributed by atoms with E-state index >= 15 is 0 Å². The van der Waals surface area contributed by atoms with Gasteiger partial charge < -0.3 is 60.6 Å². The number of guanidine groups is 2. The summed E-state index contributed by atoms with van der Waals surface area (Å²) in [6.45, 7) is 0.797. The highest BCUT2D eigenvalue weighted by atomic mass is 16.4. The van der Waals surface area contributed by atoms with Crippen LogP contribution in [0.3, 0.4) is 0 Å². The number of nitrogens with zero attached hydrogens (tertiary/aromatic N) is 2. The van der Waals surface area contributed by atoms with Gasteiger partial charge >= 0.3 is 5.97 Å². The van der Waals surface area contributed by atoms with Crippen LogP contribution in [-0.2, 0) is 25.6 Å². The lowest BCUT2D eigenvalue weighted by molar-refractivity contribution is -0.142. The van der Waals surface area contributed by atoms with E-state index in [4.69, 9.17) is 34.4 Å². The van der Waals surface area contributed by atoms with Crippen molar-refractivity contribution in [3.05, 3.63) is 29.8 Å². The summed E-state index contributed by atoms with van der Waals surface area (Å²) in [4.78, 5) is 59.1. The zero-order chi connectivity index (χ0) is 33.1. The van der Waals surface area contributed by atoms with E-state index in [1.165, 1.54) is 12.1 Å². The molecular formula is C27H47N11O6. The van der Waals surface area contributed by atoms with Gasteiger partial charge in [0.2, 0.25) is 17.7 Å². The fraction of sp³-hybridized carbons (Fsp3) is 0.556. The predicted octanol–water partition coefficient (Wildman–Crippen LogP) is -2.96. The number of carboxylic acids is 1. The summed E-state index contributed by atoms with van der Waals surface area (Å²) in [7, 11) is 0. The second-order valence-corrected chi connectivity index (χ2v) is 10.2. The maximum Gasteiger partial charge on any atom is 0.326 e. The molecule has 17 heteroatoms. The number of nitrogens with two attached hydrogens (primary N) is 6. The zero-order valence-electron chi connectivity index (χ0n) is 24.8. The minimum atomic E-state index is -1.26. The summed E-state index contributed by atoms with van der Waals surface area (Å²) in [5.74, 6) is -3.47. The summed E-state index contributed by atoms with van der Waals surface area (Å²) < 4.78 is 0. The average molecular weight is 622 g/mol. The van der Waals surface area contributed by atoms with Crippen molar-refractivity contribution in [1.82, 2.24) is 16.0 Å². The van der Waals surface area contributed by atoms with Gasteiger partial charge in [-0.1, -0.05) is 12.1 Å². The minimum absolute atomic E-state index is 0.0122. The number of aliphatic imine (C=N–C) groups is 2. The van der Waals surface area contributed by atoms with E-state index in [1.807, 2.05) is 0 Å². The lowest BCUT2D eigenvalue weighted by atomic mass is 10.0. The molecule has 1 aromatic rings. The van der Waals surface area contributed by atoms with Gasteiger partial charge in [-0.3, -0.25) is 24.4 Å². The monoisotopic (exact) mass is 621 g/mol. The highest BCUT2D eigenvalue weighted by molar-refractivity contribution is 5.94. The molecule has 246 valence electrons. The molecule has 0 heterocycles. The third-order valence-corrected chi connectivity index (χ3v) is 6.45. The van der Waals surface area contributed by atoms with Crippen molar-refractivity contribution < 1.29 is 29.4 Å². The van der Waals surface area contributed by atoms with Crippen LogP contribution < -0.4 is 50.4 Å². The van der Waals surface area contributed by atoms with Gasteiger partial charge in [0.15, 0.2) is 11.9 Å². The van der Waals surface area contributed by atoms with Crippen LogP contribution >= 0.6 is 0 Å². The van der Waals surface area contributed by atoms with Crippen molar-refractivity contribution in [3.8, 4) is 5.75 Å². The van der Waals surface area contributed by atoms with Gasteiger partial charge in [-0.25, -0.2) is 4.79 Å². The molecule has 0 saturated heterocycles. The molecule has 0 aliphatic heterocycles. The van der Waals surface area contributed by atoms with Crippen molar-refractivity contribution in [2.75, 3.05) is 19.6 Å². The molecule has 17 nitrogen and oxygen atoms in total. The Hall–Kier alpha value is -4.64. The lowest BCUT2D eigenvalue weighted by Gasteiger charge is -2.25. The first-order valence-corrected chi connectivity index (χ1v) is 14.3. The van der Waals surface area contributed by atoms with Gasteiger partial charge in [-0.05, 0) is 69.2 Å². The number of carbonyl (C=O) groups is 4. The number of phenols is 1. The molecule has 0 aromatic heterocycles. The molecule has 1 rings (SSSR count). The van der Waals surface area contributed by atoms with Crippen molar-refractivity contribution >= 4 is 35.6 Å². The smallest absolute Gasteiger partial charge is 0.326 e. The fourth-order valence-electron chi connectivity index (χ4n) is 4.07. The number of phenolic OH excluding ortho intramolecular Hbond substituents is 1. The quantitative estimate of drug-likeness (QED) is 0.0372. The molecule has 0 bridgehead atoms. The number of unbranched alkanes of at least 4 members (excludes halogenated alkanes) is 1. The number of hydrogen-bond donors (Lipinski definition) is 11. The summed E-state index contributed by atoms with van der Waals surface area (Å²) in [5.41, 5.74) is 33.4. The number of aliphatic carboxylic acids is 1. The summed E-state index contributed by atoms with van der Waals surface area (Å²) in [5, 5.41) is 27.0. The summed E-state index contributed by atoms with van der Waals surface area (Å²) in [6.07, 6.45) is 2.18. The van der Waals surface area contributed by atoms with E-state index in [0.29, 0.717) is 31.4 Å². The van der Waals surface area contributed by atoms with Gasteiger partial charge in [0.25, 0.3) is 0 Å². The minimum Gasteiger partial charge on any atom is -0.508 e. The van der Waals surface area contributed by atoms with Crippen LogP contribution in [0.2, 0.25) is 0 Å². The van der Waals surface area contributed by atoms with Crippen LogP contribution in [0.25, 0.3) is 0 Å². The average Bonchev–Trinajstić information content (AvgIpc) is 2.96. The van der Waals surface area contributed by atoms with Crippen molar-refractivity contribution in [2.24, 2.45) is 44.4 Å². The SMILES string of the molecule is NCCCCC(NC(=O)C(Cc1ccc(O)cc1)NC(=O)C(N)CCCN=C(N)N)C(=O)NC(CCCN=C(N)N)C(=O)O. The third kappa shape index (κ3) is 15.5. The molecule has 4 unspecified atom stereocenters. The molecule has 0 spiro atoms. The number of carbonyl (C=O) groups excluding carboxylic acids is 3. The maximum absolute atomic E-state index is 13.5. The lowest BCUT2D eigenvalue weighted by Crippen LogP contribution is -2.57. The molecule has 0 aliphatic carbocycles. The summed E-state index contributed by atoms with van der Waals surface area (Å²) >= 11 is 0. The highest BCUT2D eigenvalue weighted by Crippen LogP contribution is 2.13. The van der Waals surface area contributed by atoms with Crippen LogP contribution in [0.15, 0.2) is 34.3 Å². The molecule has 17 N–H and O–H groups in total. The van der Waals surface area contributed by atoms with Crippen LogP contribution in [-0.4, -0.2) is 89.6 Å². The Morgan fingerprint density at radius 2 is 1.20 bits per heavy atom. The van der Waals surface area contributed by atoms with Gasteiger partial charge in [0.1, 0.15) is 23.9 Å². The number of amides is 3. The van der Waals surface area contributed by atoms with E-state index in [0.717, 1.165) is 0 Å². The van der Waals surface area contributed by atoms with Gasteiger partial charge in [-0.15, -0.1) is 0 Å². The Kier molecular flexibility index (Phi) is 17.2.